The Morgan fingerprint density at radius 2 is 0.722 bits per heavy atom. The summed E-state index contributed by atoms with van der Waals surface area (Å²) < 4.78 is 0. The molecule has 1 aromatic heterocycles. The highest BCUT2D eigenvalue weighted by atomic mass is 14.7. The number of nitrogens with zero attached hydrogens (tertiary/aromatic N) is 1. The molecule has 0 radical (unpaired) electrons. The zero-order chi connectivity index (χ0) is 35.6. The maximum atomic E-state index is 5.35. The van der Waals surface area contributed by atoms with Gasteiger partial charge >= 0.3 is 0 Å². The monoisotopic (exact) mass is 683 g/mol. The lowest BCUT2D eigenvalue weighted by molar-refractivity contribution is 1.43. The van der Waals surface area contributed by atoms with Crippen LogP contribution in [-0.4, -0.2) is 4.98 Å². The van der Waals surface area contributed by atoms with Crippen molar-refractivity contribution in [2.24, 2.45) is 0 Å². The van der Waals surface area contributed by atoms with Crippen molar-refractivity contribution in [3.63, 3.8) is 0 Å². The largest absolute Gasteiger partial charge is 0.247 e. The number of para-hydroxylation sites is 1. The van der Waals surface area contributed by atoms with Crippen LogP contribution < -0.4 is 0 Å². The van der Waals surface area contributed by atoms with E-state index >= 15 is 0 Å². The summed E-state index contributed by atoms with van der Waals surface area (Å²) in [5.41, 5.74) is 10.4. The molecule has 0 atom stereocenters. The summed E-state index contributed by atoms with van der Waals surface area (Å²) in [5.74, 6) is 0. The van der Waals surface area contributed by atoms with Gasteiger partial charge in [-0.05, 0) is 112 Å². The lowest BCUT2D eigenvalue weighted by Crippen LogP contribution is -1.94. The summed E-state index contributed by atoms with van der Waals surface area (Å²) in [5, 5.41) is 13.4. The first-order valence-corrected chi connectivity index (χ1v) is 18.6. The Bertz CT molecular complexity index is 3270. The van der Waals surface area contributed by atoms with Gasteiger partial charge < -0.3 is 0 Å². The fourth-order valence-electron chi connectivity index (χ4n) is 8.62. The summed E-state index contributed by atoms with van der Waals surface area (Å²) in [6.45, 7) is 0. The molecule has 10 aromatic carbocycles. The van der Waals surface area contributed by atoms with Crippen molar-refractivity contribution in [3.8, 4) is 44.6 Å². The molecule has 1 heteroatoms. The van der Waals surface area contributed by atoms with Gasteiger partial charge in [0.15, 0.2) is 0 Å². The number of hydrogen-bond acceptors (Lipinski definition) is 1. The Labute approximate surface area is 313 Å². The quantitative estimate of drug-likeness (QED) is 0.133. The minimum Gasteiger partial charge on any atom is -0.247 e. The van der Waals surface area contributed by atoms with Gasteiger partial charge in [-0.25, -0.2) is 4.98 Å². The van der Waals surface area contributed by atoms with Crippen molar-refractivity contribution in [2.45, 2.75) is 0 Å². The molecular weight excluding hydrogens is 651 g/mol. The molecule has 0 fully saturated rings. The minimum atomic E-state index is 1.00. The number of benzene rings is 10. The summed E-state index contributed by atoms with van der Waals surface area (Å²) >= 11 is 0. The third-order valence-electron chi connectivity index (χ3n) is 11.2. The third kappa shape index (κ3) is 4.90. The maximum absolute atomic E-state index is 5.35. The summed E-state index contributed by atoms with van der Waals surface area (Å²) in [6.07, 6.45) is 0. The summed E-state index contributed by atoms with van der Waals surface area (Å²) in [6, 6.07) is 73.2. The van der Waals surface area contributed by atoms with Crippen LogP contribution in [0.1, 0.15) is 0 Å². The fourth-order valence-corrected chi connectivity index (χ4v) is 8.62. The Morgan fingerprint density at radius 3 is 1.37 bits per heavy atom. The van der Waals surface area contributed by atoms with Crippen molar-refractivity contribution in [1.82, 2.24) is 4.98 Å². The minimum absolute atomic E-state index is 1.00. The highest BCUT2D eigenvalue weighted by molar-refractivity contribution is 6.23. The second-order valence-corrected chi connectivity index (χ2v) is 14.3. The van der Waals surface area contributed by atoms with Gasteiger partial charge in [0, 0.05) is 16.3 Å². The Kier molecular flexibility index (Phi) is 6.93. The molecule has 0 aliphatic carbocycles. The molecule has 11 rings (SSSR count). The van der Waals surface area contributed by atoms with Crippen LogP contribution in [0.25, 0.3) is 109 Å². The van der Waals surface area contributed by atoms with E-state index in [0.717, 1.165) is 22.2 Å². The molecule has 0 aliphatic heterocycles. The Hall–Kier alpha value is -7.09. The molecule has 0 bridgehead atoms. The predicted octanol–water partition coefficient (Wildman–Crippen LogP) is 14.7. The van der Waals surface area contributed by atoms with Crippen molar-refractivity contribution in [2.75, 3.05) is 0 Å². The van der Waals surface area contributed by atoms with E-state index in [1.165, 1.54) is 87.2 Å². The zero-order valence-electron chi connectivity index (χ0n) is 29.5. The van der Waals surface area contributed by atoms with Gasteiger partial charge in [-0.3, -0.25) is 0 Å². The fraction of sp³-hybridized carbons (Fsp3) is 0. The average Bonchev–Trinajstić information content (AvgIpc) is 3.25. The van der Waals surface area contributed by atoms with Crippen LogP contribution in [0.15, 0.2) is 200 Å². The van der Waals surface area contributed by atoms with Crippen LogP contribution in [0.4, 0.5) is 0 Å². The average molecular weight is 684 g/mol. The molecule has 0 spiro atoms. The van der Waals surface area contributed by atoms with E-state index in [0.29, 0.717) is 0 Å². The van der Waals surface area contributed by atoms with Crippen molar-refractivity contribution >= 4 is 64.8 Å². The number of hydrogen-bond donors (Lipinski definition) is 0. The third-order valence-corrected chi connectivity index (χ3v) is 11.2. The molecule has 250 valence electrons. The van der Waals surface area contributed by atoms with Crippen molar-refractivity contribution in [1.29, 1.82) is 0 Å². The molecule has 0 saturated heterocycles. The van der Waals surface area contributed by atoms with E-state index < -0.39 is 0 Å². The molecule has 11 aromatic rings. The van der Waals surface area contributed by atoms with Crippen molar-refractivity contribution < 1.29 is 0 Å². The van der Waals surface area contributed by atoms with E-state index in [-0.39, 0.29) is 0 Å². The molecule has 0 saturated carbocycles. The van der Waals surface area contributed by atoms with Gasteiger partial charge in [0.2, 0.25) is 0 Å². The van der Waals surface area contributed by atoms with E-state index in [2.05, 4.69) is 200 Å². The van der Waals surface area contributed by atoms with Crippen LogP contribution in [0.3, 0.4) is 0 Å². The van der Waals surface area contributed by atoms with Gasteiger partial charge in [0.25, 0.3) is 0 Å². The molecule has 0 aliphatic rings. The Morgan fingerprint density at radius 1 is 0.241 bits per heavy atom. The molecule has 54 heavy (non-hydrogen) atoms. The molecule has 0 unspecified atom stereocenters. The topological polar surface area (TPSA) is 12.9 Å². The first-order valence-electron chi connectivity index (χ1n) is 18.6. The van der Waals surface area contributed by atoms with E-state index in [1.54, 1.807) is 0 Å². The van der Waals surface area contributed by atoms with Gasteiger partial charge in [-0.2, -0.15) is 0 Å². The number of rotatable bonds is 4. The summed E-state index contributed by atoms with van der Waals surface area (Å²) in [4.78, 5) is 5.35. The first-order chi connectivity index (χ1) is 26.8. The molecular formula is C53H33N. The lowest BCUT2D eigenvalue weighted by atomic mass is 9.83. The van der Waals surface area contributed by atoms with Crippen molar-refractivity contribution in [3.05, 3.63) is 200 Å². The standard InChI is InChI=1S/C53H33N/c1-2-12-34(13-3-1)39-26-28-45-48(32-39)51(40-24-22-35-14-4-6-16-37(35)30-40)46-29-27-42(33-49(46)52(45)41-25-23-36-15-5-7-17-38(36)31-41)53-47-20-9-8-18-43(47)44-19-10-11-21-50(44)54-53/h1-33H. The summed E-state index contributed by atoms with van der Waals surface area (Å²) in [7, 11) is 0. The lowest BCUT2D eigenvalue weighted by Gasteiger charge is -2.20. The molecule has 1 heterocycles. The van der Waals surface area contributed by atoms with Gasteiger partial charge in [-0.1, -0.05) is 170 Å². The highest BCUT2D eigenvalue weighted by Gasteiger charge is 2.20. The highest BCUT2D eigenvalue weighted by Crippen LogP contribution is 2.47. The number of fused-ring (bicyclic) bond motifs is 7. The number of aromatic nitrogens is 1. The smallest absolute Gasteiger partial charge is 0.0788 e. The normalized spacial score (nSPS) is 11.7. The molecule has 0 N–H and O–H groups in total. The SMILES string of the molecule is c1ccc(-c2ccc3c(-c4ccc5ccccc5c4)c4cc(-c5nc6ccccc6c6ccccc56)ccc4c(-c4ccc5ccccc5c4)c3c2)cc1. The molecule has 0 amide bonds. The first kappa shape index (κ1) is 30.5. The van der Waals surface area contributed by atoms with Crippen LogP contribution in [-0.2, 0) is 0 Å². The van der Waals surface area contributed by atoms with Gasteiger partial charge in [-0.15, -0.1) is 0 Å². The predicted molar refractivity (Wildman–Crippen MR) is 231 cm³/mol. The van der Waals surface area contributed by atoms with Crippen LogP contribution in [0.5, 0.6) is 0 Å². The number of pyridine rings is 1. The van der Waals surface area contributed by atoms with E-state index in [4.69, 9.17) is 4.98 Å². The second kappa shape index (κ2) is 12.3. The van der Waals surface area contributed by atoms with Crippen LogP contribution >= 0.6 is 0 Å². The van der Waals surface area contributed by atoms with E-state index in [9.17, 15) is 0 Å². The van der Waals surface area contributed by atoms with Crippen LogP contribution in [0.2, 0.25) is 0 Å². The zero-order valence-corrected chi connectivity index (χ0v) is 29.5. The van der Waals surface area contributed by atoms with E-state index in [1.807, 2.05) is 0 Å². The van der Waals surface area contributed by atoms with Crippen LogP contribution in [0, 0.1) is 0 Å². The Balaban J connectivity index is 1.29. The maximum Gasteiger partial charge on any atom is 0.0788 e. The van der Waals surface area contributed by atoms with Gasteiger partial charge in [0.05, 0.1) is 11.2 Å². The van der Waals surface area contributed by atoms with Gasteiger partial charge in [0.1, 0.15) is 0 Å². The second-order valence-electron chi connectivity index (χ2n) is 14.3. The molecule has 1 nitrogen and oxygen atoms in total.